The van der Waals surface area contributed by atoms with Crippen LogP contribution in [0, 0.1) is 11.3 Å². The summed E-state index contributed by atoms with van der Waals surface area (Å²) in [6.07, 6.45) is 4.03. The van der Waals surface area contributed by atoms with Crippen molar-refractivity contribution in [2.24, 2.45) is 0 Å². The van der Waals surface area contributed by atoms with Gasteiger partial charge in [-0.2, -0.15) is 5.26 Å². The van der Waals surface area contributed by atoms with Crippen molar-refractivity contribution in [1.29, 1.82) is 5.26 Å². The second-order valence-electron chi connectivity index (χ2n) is 6.48. The molecule has 0 aliphatic rings. The summed E-state index contributed by atoms with van der Waals surface area (Å²) in [6, 6.07) is 13.3. The Bertz CT molecular complexity index is 1100. The molecule has 0 unspecified atom stereocenters. The van der Waals surface area contributed by atoms with E-state index in [-0.39, 0.29) is 5.57 Å². The fourth-order valence-corrected chi connectivity index (χ4v) is 3.21. The summed E-state index contributed by atoms with van der Waals surface area (Å²) in [4.78, 5) is 15.8. The number of nitriles is 1. The van der Waals surface area contributed by atoms with Crippen molar-refractivity contribution in [2.75, 3.05) is 27.9 Å². The Morgan fingerprint density at radius 2 is 1.83 bits per heavy atom. The Morgan fingerprint density at radius 3 is 2.47 bits per heavy atom. The van der Waals surface area contributed by atoms with E-state index in [1.165, 1.54) is 27.4 Å². The number of rotatable bonds is 8. The van der Waals surface area contributed by atoms with Crippen molar-refractivity contribution in [3.63, 3.8) is 0 Å². The van der Waals surface area contributed by atoms with E-state index in [0.717, 1.165) is 16.5 Å². The molecule has 0 spiro atoms. The summed E-state index contributed by atoms with van der Waals surface area (Å²) in [5.74, 6) is 0.955. The molecule has 154 valence electrons. The molecular weight excluding hydrogens is 382 g/mol. The molecule has 0 radical (unpaired) electrons. The van der Waals surface area contributed by atoms with Gasteiger partial charge in [0.25, 0.3) is 5.91 Å². The van der Waals surface area contributed by atoms with Crippen LogP contribution in [0.1, 0.15) is 11.1 Å². The lowest BCUT2D eigenvalue weighted by molar-refractivity contribution is -0.117. The molecule has 0 fully saturated rings. The third-order valence-electron chi connectivity index (χ3n) is 4.76. The number of nitrogens with zero attached hydrogens (tertiary/aromatic N) is 1. The number of hydrogen-bond donors (Lipinski definition) is 2. The van der Waals surface area contributed by atoms with Crippen molar-refractivity contribution >= 4 is 22.9 Å². The van der Waals surface area contributed by atoms with Gasteiger partial charge in [-0.3, -0.25) is 4.79 Å². The van der Waals surface area contributed by atoms with Gasteiger partial charge in [-0.15, -0.1) is 0 Å². The molecule has 1 aromatic heterocycles. The molecule has 3 aromatic rings. The van der Waals surface area contributed by atoms with Gasteiger partial charge in [0.05, 0.1) is 26.9 Å². The normalized spacial score (nSPS) is 11.1. The molecule has 30 heavy (non-hydrogen) atoms. The Hall–Kier alpha value is -3.92. The van der Waals surface area contributed by atoms with Crippen LogP contribution in [0.15, 0.2) is 48.2 Å². The van der Waals surface area contributed by atoms with E-state index in [1.54, 1.807) is 12.1 Å². The molecule has 2 N–H and O–H groups in total. The number of benzene rings is 2. The SMILES string of the molecule is COc1cc(OC)c(C=C(C#N)C(=O)NCCc2c[nH]c3ccccc23)c(OC)c1. The zero-order valence-electron chi connectivity index (χ0n) is 17.1. The number of methoxy groups -OCH3 is 3. The van der Waals surface area contributed by atoms with Gasteiger partial charge in [-0.25, -0.2) is 0 Å². The average molecular weight is 405 g/mol. The lowest BCUT2D eigenvalue weighted by Crippen LogP contribution is -2.26. The molecule has 0 saturated heterocycles. The second-order valence-corrected chi connectivity index (χ2v) is 6.48. The Labute approximate surface area is 174 Å². The predicted octanol–water partition coefficient (Wildman–Crippen LogP) is 3.46. The molecule has 0 atom stereocenters. The molecule has 0 aliphatic carbocycles. The van der Waals surface area contributed by atoms with Crippen LogP contribution in [0.2, 0.25) is 0 Å². The molecule has 0 aliphatic heterocycles. The third kappa shape index (κ3) is 4.39. The summed E-state index contributed by atoms with van der Waals surface area (Å²) in [5, 5.41) is 13.4. The first-order valence-corrected chi connectivity index (χ1v) is 9.36. The number of aromatic nitrogens is 1. The molecule has 1 heterocycles. The van der Waals surface area contributed by atoms with E-state index in [4.69, 9.17) is 14.2 Å². The summed E-state index contributed by atoms with van der Waals surface area (Å²) in [7, 11) is 4.53. The largest absolute Gasteiger partial charge is 0.496 e. The van der Waals surface area contributed by atoms with Crippen LogP contribution in [0.5, 0.6) is 17.2 Å². The molecule has 1 amide bonds. The number of nitrogens with one attached hydrogen (secondary N) is 2. The van der Waals surface area contributed by atoms with E-state index < -0.39 is 5.91 Å². The zero-order valence-corrected chi connectivity index (χ0v) is 17.1. The van der Waals surface area contributed by atoms with Gasteiger partial charge in [-0.05, 0) is 24.1 Å². The summed E-state index contributed by atoms with van der Waals surface area (Å²) in [5.41, 5.74) is 2.60. The minimum absolute atomic E-state index is 0.0457. The molecule has 7 nitrogen and oxygen atoms in total. The highest BCUT2D eigenvalue weighted by molar-refractivity contribution is 6.02. The lowest BCUT2D eigenvalue weighted by Gasteiger charge is -2.13. The van der Waals surface area contributed by atoms with Gasteiger partial charge >= 0.3 is 0 Å². The lowest BCUT2D eigenvalue weighted by atomic mass is 10.1. The van der Waals surface area contributed by atoms with Crippen LogP contribution >= 0.6 is 0 Å². The highest BCUT2D eigenvalue weighted by Gasteiger charge is 2.16. The Kier molecular flexibility index (Phi) is 6.60. The van der Waals surface area contributed by atoms with E-state index in [0.29, 0.717) is 35.8 Å². The number of ether oxygens (including phenoxy) is 3. The van der Waals surface area contributed by atoms with Gasteiger partial charge in [0.1, 0.15) is 28.9 Å². The van der Waals surface area contributed by atoms with Crippen molar-refractivity contribution in [3.05, 3.63) is 59.3 Å². The van der Waals surface area contributed by atoms with Crippen LogP contribution in [0.25, 0.3) is 17.0 Å². The van der Waals surface area contributed by atoms with Crippen LogP contribution < -0.4 is 19.5 Å². The monoisotopic (exact) mass is 405 g/mol. The van der Waals surface area contributed by atoms with Gasteiger partial charge in [0, 0.05) is 35.8 Å². The summed E-state index contributed by atoms with van der Waals surface area (Å²) in [6.45, 7) is 0.399. The van der Waals surface area contributed by atoms with Crippen LogP contribution in [0.4, 0.5) is 0 Å². The number of fused-ring (bicyclic) bond motifs is 1. The average Bonchev–Trinajstić information content (AvgIpc) is 3.20. The maximum absolute atomic E-state index is 12.6. The first-order valence-electron chi connectivity index (χ1n) is 9.36. The summed E-state index contributed by atoms with van der Waals surface area (Å²) < 4.78 is 16.0. The maximum atomic E-state index is 12.6. The number of carbonyl (C=O) groups is 1. The number of aromatic amines is 1. The number of hydrogen-bond acceptors (Lipinski definition) is 5. The van der Waals surface area contributed by atoms with E-state index in [2.05, 4.69) is 10.3 Å². The van der Waals surface area contributed by atoms with Gasteiger partial charge in [0.2, 0.25) is 0 Å². The highest BCUT2D eigenvalue weighted by Crippen LogP contribution is 2.35. The fraction of sp³-hybridized carbons (Fsp3) is 0.217. The highest BCUT2D eigenvalue weighted by atomic mass is 16.5. The van der Waals surface area contributed by atoms with Gasteiger partial charge in [0.15, 0.2) is 0 Å². The number of amides is 1. The van der Waals surface area contributed by atoms with E-state index >= 15 is 0 Å². The smallest absolute Gasteiger partial charge is 0.261 e. The summed E-state index contributed by atoms with van der Waals surface area (Å²) >= 11 is 0. The minimum Gasteiger partial charge on any atom is -0.496 e. The Balaban J connectivity index is 1.76. The van der Waals surface area contributed by atoms with Crippen molar-refractivity contribution in [2.45, 2.75) is 6.42 Å². The number of H-pyrrole nitrogens is 1. The molecule has 2 aromatic carbocycles. The Morgan fingerprint density at radius 1 is 1.13 bits per heavy atom. The van der Waals surface area contributed by atoms with Crippen LogP contribution in [0.3, 0.4) is 0 Å². The van der Waals surface area contributed by atoms with Gasteiger partial charge in [-0.1, -0.05) is 18.2 Å². The fourth-order valence-electron chi connectivity index (χ4n) is 3.21. The van der Waals surface area contributed by atoms with Crippen LogP contribution in [-0.4, -0.2) is 38.8 Å². The van der Waals surface area contributed by atoms with E-state index in [1.807, 2.05) is 36.5 Å². The predicted molar refractivity (Wildman–Crippen MR) is 115 cm³/mol. The van der Waals surface area contributed by atoms with E-state index in [9.17, 15) is 10.1 Å². The quantitative estimate of drug-likeness (QED) is 0.442. The topological polar surface area (TPSA) is 96.4 Å². The maximum Gasteiger partial charge on any atom is 0.261 e. The van der Waals surface area contributed by atoms with Crippen molar-refractivity contribution in [1.82, 2.24) is 10.3 Å². The molecule has 0 bridgehead atoms. The zero-order chi connectivity index (χ0) is 21.5. The molecule has 7 heteroatoms. The first-order chi connectivity index (χ1) is 14.6. The second kappa shape index (κ2) is 9.52. The van der Waals surface area contributed by atoms with Gasteiger partial charge < -0.3 is 24.5 Å². The number of para-hydroxylation sites is 1. The minimum atomic E-state index is -0.461. The molecule has 0 saturated carbocycles. The molecule has 3 rings (SSSR count). The first kappa shape index (κ1) is 20.8. The standard InChI is InChI=1S/C23H23N3O4/c1-28-17-11-21(29-2)19(22(12-17)30-3)10-16(13-24)23(27)25-9-8-15-14-26-20-7-5-4-6-18(15)20/h4-7,10-12,14,26H,8-9H2,1-3H3,(H,25,27). The van der Waals surface area contributed by atoms with Crippen molar-refractivity contribution < 1.29 is 19.0 Å². The molecular formula is C23H23N3O4. The number of carbonyl (C=O) groups excluding carboxylic acids is 1. The third-order valence-corrected chi connectivity index (χ3v) is 4.76. The van der Waals surface area contributed by atoms with Crippen LogP contribution in [-0.2, 0) is 11.2 Å². The van der Waals surface area contributed by atoms with Crippen molar-refractivity contribution in [3.8, 4) is 23.3 Å².